The van der Waals surface area contributed by atoms with Crippen LogP contribution in [0.15, 0.2) is 42.6 Å². The summed E-state index contributed by atoms with van der Waals surface area (Å²) in [5.74, 6) is 1.61. The zero-order chi connectivity index (χ0) is 15.9. The van der Waals surface area contributed by atoms with Crippen LogP contribution in [-0.2, 0) is 6.54 Å². The van der Waals surface area contributed by atoms with Crippen molar-refractivity contribution in [2.75, 3.05) is 30.3 Å². The number of rotatable bonds is 6. The fraction of sp³-hybridized carbons (Fsp3) is 0.444. The number of anilines is 2. The van der Waals surface area contributed by atoms with E-state index >= 15 is 0 Å². The van der Waals surface area contributed by atoms with Gasteiger partial charge in [0.2, 0.25) is 5.95 Å². The number of nitrogens with zero attached hydrogens (tertiary/aromatic N) is 3. The third-order valence-corrected chi connectivity index (χ3v) is 4.18. The highest BCUT2D eigenvalue weighted by Crippen LogP contribution is 2.17. The van der Waals surface area contributed by atoms with E-state index in [-0.39, 0.29) is 0 Å². The quantitative estimate of drug-likeness (QED) is 0.859. The van der Waals surface area contributed by atoms with Crippen LogP contribution in [0.4, 0.5) is 11.8 Å². The number of benzene rings is 1. The number of nitrogens with one attached hydrogen (secondary N) is 2. The van der Waals surface area contributed by atoms with Crippen LogP contribution in [0.3, 0.4) is 0 Å². The Bertz CT molecular complexity index is 593. The lowest BCUT2D eigenvalue weighted by Crippen LogP contribution is -2.38. The largest absolute Gasteiger partial charge is 0.367 e. The maximum Gasteiger partial charge on any atom is 0.224 e. The average Bonchev–Trinajstić information content (AvgIpc) is 2.58. The maximum absolute atomic E-state index is 4.50. The molecule has 1 fully saturated rings. The fourth-order valence-corrected chi connectivity index (χ4v) is 2.97. The van der Waals surface area contributed by atoms with Crippen LogP contribution in [-0.4, -0.2) is 40.5 Å². The molecule has 3 rings (SSSR count). The van der Waals surface area contributed by atoms with Gasteiger partial charge in [0.1, 0.15) is 5.82 Å². The number of piperidine rings is 1. The van der Waals surface area contributed by atoms with E-state index in [1.807, 2.05) is 13.0 Å². The highest BCUT2D eigenvalue weighted by atomic mass is 15.2. The van der Waals surface area contributed by atoms with Crippen LogP contribution in [0.2, 0.25) is 0 Å². The second kappa shape index (κ2) is 7.92. The summed E-state index contributed by atoms with van der Waals surface area (Å²) in [5, 5.41) is 6.70. The molecule has 1 aliphatic rings. The molecule has 0 bridgehead atoms. The minimum Gasteiger partial charge on any atom is -0.367 e. The molecule has 23 heavy (non-hydrogen) atoms. The Morgan fingerprint density at radius 3 is 2.65 bits per heavy atom. The zero-order valence-corrected chi connectivity index (χ0v) is 13.7. The number of likely N-dealkylation sites (tertiary alicyclic amines) is 1. The van der Waals surface area contributed by atoms with Gasteiger partial charge in [-0.15, -0.1) is 0 Å². The van der Waals surface area contributed by atoms with E-state index < -0.39 is 0 Å². The third kappa shape index (κ3) is 4.66. The zero-order valence-electron chi connectivity index (χ0n) is 13.7. The van der Waals surface area contributed by atoms with Gasteiger partial charge < -0.3 is 10.6 Å². The summed E-state index contributed by atoms with van der Waals surface area (Å²) in [6.07, 6.45) is 4.10. The molecule has 2 heterocycles. The van der Waals surface area contributed by atoms with Gasteiger partial charge >= 0.3 is 0 Å². The Hall–Kier alpha value is -2.14. The van der Waals surface area contributed by atoms with Crippen molar-refractivity contribution in [2.24, 2.45) is 0 Å². The van der Waals surface area contributed by atoms with Crippen molar-refractivity contribution in [3.63, 3.8) is 0 Å². The second-order valence-electron chi connectivity index (χ2n) is 5.98. The first-order valence-electron chi connectivity index (χ1n) is 8.43. The molecule has 1 aromatic carbocycles. The van der Waals surface area contributed by atoms with Crippen LogP contribution >= 0.6 is 0 Å². The van der Waals surface area contributed by atoms with Crippen molar-refractivity contribution >= 4 is 11.8 Å². The van der Waals surface area contributed by atoms with Crippen molar-refractivity contribution < 1.29 is 0 Å². The van der Waals surface area contributed by atoms with Crippen molar-refractivity contribution in [2.45, 2.75) is 32.4 Å². The van der Waals surface area contributed by atoms with Gasteiger partial charge in [0.15, 0.2) is 0 Å². The summed E-state index contributed by atoms with van der Waals surface area (Å²) >= 11 is 0. The average molecular weight is 311 g/mol. The molecular weight excluding hydrogens is 286 g/mol. The SMILES string of the molecule is CCNc1nccc(NC2CCN(Cc3ccccc3)CC2)n1. The first-order valence-corrected chi connectivity index (χ1v) is 8.43. The number of aromatic nitrogens is 2. The molecule has 0 unspecified atom stereocenters. The van der Waals surface area contributed by atoms with Crippen LogP contribution in [0.25, 0.3) is 0 Å². The normalized spacial score (nSPS) is 16.2. The molecule has 5 nitrogen and oxygen atoms in total. The molecule has 2 aromatic rings. The van der Waals surface area contributed by atoms with Gasteiger partial charge in [-0.25, -0.2) is 4.98 Å². The molecule has 2 N–H and O–H groups in total. The summed E-state index contributed by atoms with van der Waals surface area (Å²) in [7, 11) is 0. The molecule has 0 spiro atoms. The molecule has 0 atom stereocenters. The molecule has 5 heteroatoms. The Morgan fingerprint density at radius 2 is 1.91 bits per heavy atom. The third-order valence-electron chi connectivity index (χ3n) is 4.18. The number of hydrogen-bond acceptors (Lipinski definition) is 5. The van der Waals surface area contributed by atoms with Gasteiger partial charge in [-0.2, -0.15) is 4.98 Å². The highest BCUT2D eigenvalue weighted by Gasteiger charge is 2.19. The van der Waals surface area contributed by atoms with Crippen molar-refractivity contribution in [3.05, 3.63) is 48.2 Å². The summed E-state index contributed by atoms with van der Waals surface area (Å²) in [5.41, 5.74) is 1.39. The summed E-state index contributed by atoms with van der Waals surface area (Å²) in [6.45, 7) is 6.17. The maximum atomic E-state index is 4.50. The topological polar surface area (TPSA) is 53.1 Å². The fourth-order valence-electron chi connectivity index (χ4n) is 2.97. The minimum atomic E-state index is 0.492. The van der Waals surface area contributed by atoms with Crippen molar-refractivity contribution in [1.29, 1.82) is 0 Å². The molecule has 1 saturated heterocycles. The first-order chi connectivity index (χ1) is 11.3. The molecular formula is C18H25N5. The summed E-state index contributed by atoms with van der Waals surface area (Å²) < 4.78 is 0. The standard InChI is InChI=1S/C18H25N5/c1-2-19-18-20-11-8-17(22-18)21-16-9-12-23(13-10-16)14-15-6-4-3-5-7-15/h3-8,11,16H,2,9-10,12-14H2,1H3,(H2,19,20,21,22). The predicted molar refractivity (Wildman–Crippen MR) is 94.6 cm³/mol. The van der Waals surface area contributed by atoms with Crippen LogP contribution in [0, 0.1) is 0 Å². The monoisotopic (exact) mass is 311 g/mol. The Balaban J connectivity index is 1.48. The lowest BCUT2D eigenvalue weighted by atomic mass is 10.0. The van der Waals surface area contributed by atoms with Gasteiger partial charge in [-0.05, 0) is 31.4 Å². The Morgan fingerprint density at radius 1 is 1.13 bits per heavy atom. The lowest BCUT2D eigenvalue weighted by Gasteiger charge is -2.32. The Kier molecular flexibility index (Phi) is 5.42. The summed E-state index contributed by atoms with van der Waals surface area (Å²) in [4.78, 5) is 11.2. The van der Waals surface area contributed by atoms with Crippen LogP contribution in [0.5, 0.6) is 0 Å². The van der Waals surface area contributed by atoms with E-state index in [1.54, 1.807) is 6.20 Å². The number of hydrogen-bond donors (Lipinski definition) is 2. The van der Waals surface area contributed by atoms with Crippen LogP contribution < -0.4 is 10.6 Å². The van der Waals surface area contributed by atoms with Crippen molar-refractivity contribution in [1.82, 2.24) is 14.9 Å². The summed E-state index contributed by atoms with van der Waals surface area (Å²) in [6, 6.07) is 13.1. The molecule has 0 aliphatic carbocycles. The predicted octanol–water partition coefficient (Wildman–Crippen LogP) is 2.98. The second-order valence-corrected chi connectivity index (χ2v) is 5.98. The molecule has 0 saturated carbocycles. The molecule has 0 radical (unpaired) electrons. The molecule has 1 aliphatic heterocycles. The molecule has 122 valence electrons. The van der Waals surface area contributed by atoms with E-state index in [0.717, 1.165) is 44.8 Å². The van der Waals surface area contributed by atoms with E-state index in [2.05, 4.69) is 55.8 Å². The minimum absolute atomic E-state index is 0.492. The van der Waals surface area contributed by atoms with Gasteiger partial charge in [-0.3, -0.25) is 4.90 Å². The van der Waals surface area contributed by atoms with Crippen LogP contribution in [0.1, 0.15) is 25.3 Å². The first kappa shape index (κ1) is 15.7. The van der Waals surface area contributed by atoms with Gasteiger partial charge in [-0.1, -0.05) is 30.3 Å². The van der Waals surface area contributed by atoms with Gasteiger partial charge in [0.25, 0.3) is 0 Å². The van der Waals surface area contributed by atoms with Crippen molar-refractivity contribution in [3.8, 4) is 0 Å². The lowest BCUT2D eigenvalue weighted by molar-refractivity contribution is 0.211. The smallest absolute Gasteiger partial charge is 0.224 e. The van der Waals surface area contributed by atoms with Gasteiger partial charge in [0, 0.05) is 38.4 Å². The Labute approximate surface area is 138 Å². The van der Waals surface area contributed by atoms with E-state index in [0.29, 0.717) is 12.0 Å². The highest BCUT2D eigenvalue weighted by molar-refractivity contribution is 5.40. The van der Waals surface area contributed by atoms with E-state index in [4.69, 9.17) is 0 Å². The molecule has 0 amide bonds. The van der Waals surface area contributed by atoms with E-state index in [1.165, 1.54) is 5.56 Å². The van der Waals surface area contributed by atoms with Gasteiger partial charge in [0.05, 0.1) is 0 Å². The van der Waals surface area contributed by atoms with E-state index in [9.17, 15) is 0 Å². The molecule has 1 aromatic heterocycles.